The van der Waals surface area contributed by atoms with Crippen LogP contribution in [-0.4, -0.2) is 46.3 Å². The fourth-order valence-electron chi connectivity index (χ4n) is 1.33. The van der Waals surface area contributed by atoms with Crippen molar-refractivity contribution in [2.75, 3.05) is 19.4 Å². The summed E-state index contributed by atoms with van der Waals surface area (Å²) in [6, 6.07) is 0. The molecule has 9 heteroatoms. The zero-order chi connectivity index (χ0) is 14.6. The van der Waals surface area contributed by atoms with E-state index < -0.39 is 30.7 Å². The molecule has 0 unspecified atom stereocenters. The Hall–Kier alpha value is -1.48. The van der Waals surface area contributed by atoms with Crippen molar-refractivity contribution in [2.24, 2.45) is 0 Å². The topological polar surface area (TPSA) is 95.1 Å². The maximum Gasteiger partial charge on any atom is 0.346 e. The van der Waals surface area contributed by atoms with Crippen LogP contribution in [0.2, 0.25) is 0 Å². The van der Waals surface area contributed by atoms with E-state index in [9.17, 15) is 18.4 Å². The van der Waals surface area contributed by atoms with Crippen LogP contribution in [0.1, 0.15) is 16.1 Å². The summed E-state index contributed by atoms with van der Waals surface area (Å²) in [5.74, 6) is -4.17. The Morgan fingerprint density at radius 2 is 2.21 bits per heavy atom. The van der Waals surface area contributed by atoms with Gasteiger partial charge in [-0.15, -0.1) is 11.8 Å². The van der Waals surface area contributed by atoms with Gasteiger partial charge in [0, 0.05) is 5.69 Å². The Morgan fingerprint density at radius 3 is 2.74 bits per heavy atom. The number of aromatic amines is 1. The van der Waals surface area contributed by atoms with Gasteiger partial charge in [0.15, 0.2) is 0 Å². The van der Waals surface area contributed by atoms with E-state index in [1.165, 1.54) is 6.92 Å². The van der Waals surface area contributed by atoms with E-state index in [0.29, 0.717) is 0 Å². The van der Waals surface area contributed by atoms with Crippen molar-refractivity contribution in [3.05, 3.63) is 21.7 Å². The number of carbonyl (C=O) groups is 1. The first-order valence-electron chi connectivity index (χ1n) is 5.22. The standard InChI is InChI=1S/C10H13F2N3O3S/c1-5-6(8(19-2)15-9(18)14-5)7(17)13-3-10(11,12)4-16/h16H,3-4H2,1-2H3,(H,13,17)(H,14,15,18). The van der Waals surface area contributed by atoms with Crippen molar-refractivity contribution in [2.45, 2.75) is 17.9 Å². The van der Waals surface area contributed by atoms with Crippen molar-refractivity contribution >= 4 is 17.7 Å². The molecule has 0 bridgehead atoms. The molecule has 0 radical (unpaired) electrons. The lowest BCUT2D eigenvalue weighted by Crippen LogP contribution is -2.39. The minimum absolute atomic E-state index is 0.0424. The van der Waals surface area contributed by atoms with Gasteiger partial charge in [0.1, 0.15) is 11.6 Å². The van der Waals surface area contributed by atoms with E-state index in [-0.39, 0.29) is 16.3 Å². The van der Waals surface area contributed by atoms with Gasteiger partial charge in [-0.2, -0.15) is 4.98 Å². The summed E-state index contributed by atoms with van der Waals surface area (Å²) < 4.78 is 25.7. The average molecular weight is 293 g/mol. The number of aliphatic hydroxyl groups excluding tert-OH is 1. The van der Waals surface area contributed by atoms with Crippen LogP contribution in [0, 0.1) is 6.92 Å². The monoisotopic (exact) mass is 293 g/mol. The quantitative estimate of drug-likeness (QED) is 0.531. The number of aryl methyl sites for hydroxylation is 1. The summed E-state index contributed by atoms with van der Waals surface area (Å²) in [5, 5.41) is 10.6. The predicted molar refractivity (Wildman–Crippen MR) is 65.7 cm³/mol. The number of nitrogens with one attached hydrogen (secondary N) is 2. The Kier molecular flexibility index (Phi) is 5.01. The molecule has 19 heavy (non-hydrogen) atoms. The highest BCUT2D eigenvalue weighted by Crippen LogP contribution is 2.18. The number of hydrogen-bond acceptors (Lipinski definition) is 5. The van der Waals surface area contributed by atoms with Crippen LogP contribution in [0.15, 0.2) is 9.82 Å². The minimum Gasteiger partial charge on any atom is -0.390 e. The summed E-state index contributed by atoms with van der Waals surface area (Å²) in [4.78, 5) is 28.9. The van der Waals surface area contributed by atoms with Crippen LogP contribution in [0.4, 0.5) is 8.78 Å². The zero-order valence-electron chi connectivity index (χ0n) is 10.3. The van der Waals surface area contributed by atoms with Crippen LogP contribution < -0.4 is 11.0 Å². The van der Waals surface area contributed by atoms with Gasteiger partial charge in [-0.25, -0.2) is 13.6 Å². The van der Waals surface area contributed by atoms with Crippen molar-refractivity contribution in [3.8, 4) is 0 Å². The molecule has 0 fully saturated rings. The molecule has 0 aromatic carbocycles. The number of carbonyl (C=O) groups excluding carboxylic acids is 1. The van der Waals surface area contributed by atoms with E-state index in [0.717, 1.165) is 11.8 Å². The molecule has 1 aromatic heterocycles. The molecule has 106 valence electrons. The summed E-state index contributed by atoms with van der Waals surface area (Å²) in [6.45, 7) is -0.873. The van der Waals surface area contributed by atoms with Gasteiger partial charge in [0.25, 0.3) is 11.8 Å². The lowest BCUT2D eigenvalue weighted by atomic mass is 10.2. The first-order valence-corrected chi connectivity index (χ1v) is 6.45. The number of nitrogens with zero attached hydrogens (tertiary/aromatic N) is 1. The largest absolute Gasteiger partial charge is 0.390 e. The Morgan fingerprint density at radius 1 is 1.58 bits per heavy atom. The third kappa shape index (κ3) is 4.00. The first-order chi connectivity index (χ1) is 8.80. The maximum absolute atomic E-state index is 12.8. The maximum atomic E-state index is 12.8. The first kappa shape index (κ1) is 15.6. The second-order valence-electron chi connectivity index (χ2n) is 3.75. The zero-order valence-corrected chi connectivity index (χ0v) is 11.1. The molecule has 3 N–H and O–H groups in total. The normalized spacial score (nSPS) is 11.4. The van der Waals surface area contributed by atoms with E-state index in [1.54, 1.807) is 6.26 Å². The smallest absolute Gasteiger partial charge is 0.346 e. The molecule has 1 heterocycles. The predicted octanol–water partition coefficient (Wildman–Crippen LogP) is 0.158. The molecule has 0 spiro atoms. The Balaban J connectivity index is 2.97. The van der Waals surface area contributed by atoms with Gasteiger partial charge in [-0.05, 0) is 13.2 Å². The number of amides is 1. The van der Waals surface area contributed by atoms with Crippen LogP contribution in [0.25, 0.3) is 0 Å². The van der Waals surface area contributed by atoms with Crippen LogP contribution in [0.5, 0.6) is 0 Å². The number of aromatic nitrogens is 2. The third-order valence-corrected chi connectivity index (χ3v) is 2.93. The lowest BCUT2D eigenvalue weighted by Gasteiger charge is -2.15. The minimum atomic E-state index is -3.39. The fraction of sp³-hybridized carbons (Fsp3) is 0.500. The van der Waals surface area contributed by atoms with E-state index in [1.807, 2.05) is 5.32 Å². The number of rotatable bonds is 5. The molecular weight excluding hydrogens is 280 g/mol. The van der Waals surface area contributed by atoms with Gasteiger partial charge < -0.3 is 15.4 Å². The number of halogens is 2. The molecule has 1 rings (SSSR count). The molecule has 6 nitrogen and oxygen atoms in total. The third-order valence-electron chi connectivity index (χ3n) is 2.25. The van der Waals surface area contributed by atoms with Gasteiger partial charge in [0.2, 0.25) is 0 Å². The average Bonchev–Trinajstić information content (AvgIpc) is 2.35. The number of alkyl halides is 2. The number of hydrogen-bond donors (Lipinski definition) is 3. The molecule has 0 saturated carbocycles. The molecule has 0 aliphatic rings. The molecule has 0 aliphatic carbocycles. The molecule has 1 aromatic rings. The van der Waals surface area contributed by atoms with Crippen LogP contribution in [-0.2, 0) is 0 Å². The van der Waals surface area contributed by atoms with E-state index in [4.69, 9.17) is 5.11 Å². The number of thioether (sulfide) groups is 1. The van der Waals surface area contributed by atoms with E-state index in [2.05, 4.69) is 9.97 Å². The molecule has 1 amide bonds. The molecular formula is C10H13F2N3O3S. The highest BCUT2D eigenvalue weighted by Gasteiger charge is 2.29. The molecule has 0 atom stereocenters. The number of H-pyrrole nitrogens is 1. The van der Waals surface area contributed by atoms with Crippen LogP contribution >= 0.6 is 11.8 Å². The molecule has 0 aliphatic heterocycles. The van der Waals surface area contributed by atoms with Crippen molar-refractivity contribution in [1.82, 2.24) is 15.3 Å². The van der Waals surface area contributed by atoms with Crippen molar-refractivity contribution < 1.29 is 18.7 Å². The Bertz CT molecular complexity index is 533. The highest BCUT2D eigenvalue weighted by molar-refractivity contribution is 7.98. The summed E-state index contributed by atoms with van der Waals surface area (Å²) in [7, 11) is 0. The van der Waals surface area contributed by atoms with Gasteiger partial charge in [-0.3, -0.25) is 4.79 Å². The summed E-state index contributed by atoms with van der Waals surface area (Å²) in [5.41, 5.74) is -0.325. The fourth-order valence-corrected chi connectivity index (χ4v) is 1.95. The van der Waals surface area contributed by atoms with Gasteiger partial charge in [-0.1, -0.05) is 0 Å². The highest BCUT2D eigenvalue weighted by atomic mass is 32.2. The van der Waals surface area contributed by atoms with Crippen LogP contribution in [0.3, 0.4) is 0 Å². The summed E-state index contributed by atoms with van der Waals surface area (Å²) in [6.07, 6.45) is 1.61. The molecule has 0 saturated heterocycles. The van der Waals surface area contributed by atoms with Gasteiger partial charge >= 0.3 is 5.69 Å². The number of aliphatic hydroxyl groups is 1. The second-order valence-corrected chi connectivity index (χ2v) is 4.54. The van der Waals surface area contributed by atoms with E-state index >= 15 is 0 Å². The van der Waals surface area contributed by atoms with Crippen molar-refractivity contribution in [1.29, 1.82) is 0 Å². The van der Waals surface area contributed by atoms with Gasteiger partial charge in [0.05, 0.1) is 12.1 Å². The Labute approximate surface area is 111 Å². The SMILES string of the molecule is CSc1nc(=O)[nH]c(C)c1C(=O)NCC(F)(F)CO. The summed E-state index contributed by atoms with van der Waals surface area (Å²) >= 11 is 1.06. The lowest BCUT2D eigenvalue weighted by molar-refractivity contribution is -0.0462. The second kappa shape index (κ2) is 6.11. The van der Waals surface area contributed by atoms with Crippen molar-refractivity contribution in [3.63, 3.8) is 0 Å².